The van der Waals surface area contributed by atoms with Crippen molar-refractivity contribution in [3.8, 4) is 11.5 Å². The van der Waals surface area contributed by atoms with E-state index >= 15 is 0 Å². The highest BCUT2D eigenvalue weighted by molar-refractivity contribution is 5.93. The number of benzene rings is 6. The van der Waals surface area contributed by atoms with Crippen LogP contribution in [0.2, 0.25) is 0 Å². The van der Waals surface area contributed by atoms with Gasteiger partial charge in [-0.1, -0.05) is 88.5 Å². The maximum Gasteiger partial charge on any atom is 0.339 e. The monoisotopic (exact) mass is 1610 g/mol. The smallest absolute Gasteiger partial charge is 0.339 e. The molecule has 0 saturated carbocycles. The van der Waals surface area contributed by atoms with E-state index in [0.29, 0.717) is 16.9 Å². The first kappa shape index (κ1) is 86.7. The van der Waals surface area contributed by atoms with Crippen LogP contribution in [0.15, 0.2) is 146 Å². The molecule has 0 bridgehead atoms. The van der Waals surface area contributed by atoms with Gasteiger partial charge in [-0.2, -0.15) is 0 Å². The van der Waals surface area contributed by atoms with Crippen molar-refractivity contribution < 1.29 is 157 Å². The van der Waals surface area contributed by atoms with Gasteiger partial charge in [-0.3, -0.25) is 28.8 Å². The van der Waals surface area contributed by atoms with Crippen LogP contribution in [0.25, 0.3) is 0 Å². The Balaban J connectivity index is 1.13. The zero-order chi connectivity index (χ0) is 83.8. The van der Waals surface area contributed by atoms with Crippen molar-refractivity contribution in [3.63, 3.8) is 0 Å². The Labute approximate surface area is 665 Å². The lowest BCUT2D eigenvalue weighted by atomic mass is 9.94. The highest BCUT2D eigenvalue weighted by atomic mass is 16.8. The molecule has 4 aliphatic heterocycles. The van der Waals surface area contributed by atoms with Gasteiger partial charge < -0.3 is 99.5 Å². The van der Waals surface area contributed by atoms with Crippen molar-refractivity contribution in [2.45, 2.75) is 193 Å². The molecule has 4 heterocycles. The molecule has 10 rings (SSSR count). The number of ether oxygens (including phenoxy) is 21. The number of carbonyl (C=O) groups excluding carboxylic acids is 12. The molecular weight excluding hydrogens is 1520 g/mol. The van der Waals surface area contributed by atoms with E-state index in [1.165, 1.54) is 79.9 Å². The SMILES string of the molecule is COC(=O)[C@H]1O[C@@H](O[C@H]2[C@@H](OC(C)=O)[C@@H](COC(C)=O)O[C@@H](O[C@H]3[C@@H](OC(C)=O)[C@@H](COC(C)=O)O[C@@H](O[C@@H]4CO[C@@H](Oc5ccc(OC)cc5)[C@H](OC(=O)c5ccc(C)cc5)[C@H]4OC(=O)c4ccc(C)cc4)[C@@H]3OC(C)=O)[C@@H]2OC(C)=O)[C@H](OC(=O)c2ccc(C)cc2)[C@@H](OC(=O)c2ccc(C)cc2)[C@@H]1OC(=O)c1ccc(C)cc1. The van der Waals surface area contributed by atoms with E-state index in [4.69, 9.17) is 99.5 Å². The fourth-order valence-electron chi connectivity index (χ4n) is 12.8. The van der Waals surface area contributed by atoms with Crippen LogP contribution >= 0.6 is 0 Å². The quantitative estimate of drug-likeness (QED) is 0.0339. The van der Waals surface area contributed by atoms with E-state index in [9.17, 15) is 57.5 Å². The summed E-state index contributed by atoms with van der Waals surface area (Å²) in [6.45, 7) is 12.0. The molecule has 4 saturated heterocycles. The minimum Gasteiger partial charge on any atom is -0.497 e. The number of carbonyl (C=O) groups is 12. The standard InChI is InChI=1S/C83H88O33/c1-41-14-24-52(25-15-41)74(90)109-64-61(40-100-80(105-58-36-34-57(96-12)35-37-58)70(64)112-77(93)55-30-20-44(4)21-31-55)107-81-71(103-50(10)88)65(62(101-48(8)86)59(106-81)38-98-46(6)84)114-82-72(104-51(11)89)66(63(102-49(9)87)60(108-82)39-99-47(7)85)115-83-73(113-78(94)56-32-22-45(5)23-33-56)68(111-76(92)54-28-18-43(3)19-29-54)67(69(116-83)79(95)97-13)110-75(91)53-26-16-42(2)17-27-53/h14-37,59-73,80-83H,38-40H2,1-13H3/t59-,60-,61-,62+,63+,64+,65+,66+,67+,68+,69+,70-,71-,72-,73-,80+,81+,82+,83-/m1/s1. The third kappa shape index (κ3) is 22.6. The summed E-state index contributed by atoms with van der Waals surface area (Å²) in [5.41, 5.74) is 3.30. The van der Waals surface area contributed by atoms with Crippen molar-refractivity contribution in [2.24, 2.45) is 0 Å². The van der Waals surface area contributed by atoms with Crippen LogP contribution in [0, 0.1) is 34.6 Å². The van der Waals surface area contributed by atoms with E-state index in [2.05, 4.69) is 0 Å². The van der Waals surface area contributed by atoms with Crippen LogP contribution < -0.4 is 9.47 Å². The fraction of sp³-hybridized carbons (Fsp3) is 0.422. The molecular formula is C83H88O33. The van der Waals surface area contributed by atoms with Crippen LogP contribution in [0.1, 0.15) is 121 Å². The molecule has 0 N–H and O–H groups in total. The van der Waals surface area contributed by atoms with Crippen LogP contribution in [0.3, 0.4) is 0 Å². The Morgan fingerprint density at radius 2 is 0.612 bits per heavy atom. The van der Waals surface area contributed by atoms with Gasteiger partial charge >= 0.3 is 71.6 Å². The topological polar surface area (TPSA) is 399 Å². The Bertz CT molecular complexity index is 4470. The second-order valence-electron chi connectivity index (χ2n) is 27.5. The molecule has 33 nitrogen and oxygen atoms in total. The van der Waals surface area contributed by atoms with Crippen molar-refractivity contribution in [1.82, 2.24) is 0 Å². The number of methoxy groups -OCH3 is 2. The summed E-state index contributed by atoms with van der Waals surface area (Å²) in [5.74, 6) is -12.7. The summed E-state index contributed by atoms with van der Waals surface area (Å²) >= 11 is 0. The van der Waals surface area contributed by atoms with Crippen LogP contribution in [0.5, 0.6) is 11.5 Å². The van der Waals surface area contributed by atoms with E-state index in [0.717, 1.165) is 65.3 Å². The van der Waals surface area contributed by atoms with Crippen LogP contribution in [0.4, 0.5) is 0 Å². The number of hydrogen-bond donors (Lipinski definition) is 0. The molecule has 0 spiro atoms. The largest absolute Gasteiger partial charge is 0.497 e. The van der Waals surface area contributed by atoms with Crippen molar-refractivity contribution >= 4 is 71.6 Å². The first-order valence-corrected chi connectivity index (χ1v) is 36.6. The molecule has 4 aliphatic rings. The van der Waals surface area contributed by atoms with Gasteiger partial charge in [0.2, 0.25) is 18.7 Å². The number of hydrogen-bond acceptors (Lipinski definition) is 33. The Kier molecular flexibility index (Phi) is 29.6. The molecule has 618 valence electrons. The molecule has 0 radical (unpaired) electrons. The summed E-state index contributed by atoms with van der Waals surface area (Å²) in [7, 11) is 2.37. The normalized spacial score (nSPS) is 26.1. The van der Waals surface area contributed by atoms with Crippen molar-refractivity contribution in [1.29, 1.82) is 0 Å². The van der Waals surface area contributed by atoms with E-state index in [1.54, 1.807) is 107 Å². The Morgan fingerprint density at radius 3 is 0.957 bits per heavy atom. The molecule has 0 aliphatic carbocycles. The molecule has 4 fully saturated rings. The van der Waals surface area contributed by atoms with Gasteiger partial charge in [0, 0.05) is 41.5 Å². The second-order valence-corrected chi connectivity index (χ2v) is 27.5. The molecule has 0 aromatic heterocycles. The zero-order valence-electron chi connectivity index (χ0n) is 65.4. The molecule has 6 aromatic carbocycles. The first-order valence-electron chi connectivity index (χ1n) is 36.6. The summed E-state index contributed by atoms with van der Waals surface area (Å²) in [5, 5.41) is 0. The number of esters is 12. The van der Waals surface area contributed by atoms with Crippen LogP contribution in [-0.4, -0.2) is 222 Å². The third-order valence-corrected chi connectivity index (χ3v) is 18.5. The molecule has 6 aromatic rings. The molecule has 33 heteroatoms. The van der Waals surface area contributed by atoms with Gasteiger partial charge in [-0.05, 0) is 120 Å². The lowest BCUT2D eigenvalue weighted by Gasteiger charge is -2.51. The van der Waals surface area contributed by atoms with Gasteiger partial charge in [0.05, 0.1) is 48.6 Å². The Hall–Kier alpha value is -11.7. The summed E-state index contributed by atoms with van der Waals surface area (Å²) in [6, 6.07) is 36.3. The predicted octanol–water partition coefficient (Wildman–Crippen LogP) is 7.46. The summed E-state index contributed by atoms with van der Waals surface area (Å²) in [4.78, 5) is 169. The number of rotatable bonds is 28. The minimum absolute atomic E-state index is 0.00923. The van der Waals surface area contributed by atoms with Crippen LogP contribution in [-0.2, 0) is 124 Å². The molecule has 116 heavy (non-hydrogen) atoms. The average molecular weight is 1610 g/mol. The van der Waals surface area contributed by atoms with E-state index < -0.39 is 208 Å². The fourth-order valence-corrected chi connectivity index (χ4v) is 12.8. The van der Waals surface area contributed by atoms with Gasteiger partial charge in [0.15, 0.2) is 67.5 Å². The van der Waals surface area contributed by atoms with Crippen molar-refractivity contribution in [2.75, 3.05) is 34.0 Å². The van der Waals surface area contributed by atoms with Gasteiger partial charge in [0.1, 0.15) is 55.2 Å². The lowest BCUT2D eigenvalue weighted by Crippen LogP contribution is -2.69. The van der Waals surface area contributed by atoms with Gasteiger partial charge in [0.25, 0.3) is 0 Å². The first-order chi connectivity index (χ1) is 55.3. The Morgan fingerprint density at radius 1 is 0.310 bits per heavy atom. The van der Waals surface area contributed by atoms with Gasteiger partial charge in [-0.15, -0.1) is 0 Å². The second kappa shape index (κ2) is 39.6. The minimum atomic E-state index is -2.43. The predicted molar refractivity (Wildman–Crippen MR) is 393 cm³/mol. The molecule has 19 atom stereocenters. The zero-order valence-corrected chi connectivity index (χ0v) is 65.4. The highest BCUT2D eigenvalue weighted by Crippen LogP contribution is 2.41. The highest BCUT2D eigenvalue weighted by Gasteiger charge is 2.62. The maximum absolute atomic E-state index is 14.9. The maximum atomic E-state index is 14.9. The lowest BCUT2D eigenvalue weighted by molar-refractivity contribution is -0.384. The molecule has 0 unspecified atom stereocenters. The average Bonchev–Trinajstić information content (AvgIpc) is 0.755. The molecule has 0 amide bonds. The van der Waals surface area contributed by atoms with Crippen molar-refractivity contribution in [3.05, 3.63) is 201 Å². The third-order valence-electron chi connectivity index (χ3n) is 18.5. The summed E-state index contributed by atoms with van der Waals surface area (Å²) < 4.78 is 130. The van der Waals surface area contributed by atoms with E-state index in [1.807, 2.05) is 0 Å². The summed E-state index contributed by atoms with van der Waals surface area (Å²) in [6.07, 6.45) is -39.7. The number of aryl methyl sites for hydroxylation is 5. The van der Waals surface area contributed by atoms with E-state index in [-0.39, 0.29) is 33.6 Å². The van der Waals surface area contributed by atoms with Gasteiger partial charge in [-0.25, -0.2) is 28.8 Å².